The van der Waals surface area contributed by atoms with Gasteiger partial charge in [0.05, 0.1) is 30.8 Å². The van der Waals surface area contributed by atoms with Crippen molar-refractivity contribution in [3.63, 3.8) is 0 Å². The zero-order valence-corrected chi connectivity index (χ0v) is 20.3. The van der Waals surface area contributed by atoms with Gasteiger partial charge < -0.3 is 14.0 Å². The Balaban J connectivity index is 1.27. The quantitative estimate of drug-likeness (QED) is 0.351. The molecule has 184 valence electrons. The molecule has 3 aromatic rings. The second kappa shape index (κ2) is 8.85. The molecule has 3 heterocycles. The summed E-state index contributed by atoms with van der Waals surface area (Å²) in [5.41, 5.74) is 0.925. The fourth-order valence-corrected chi connectivity index (χ4v) is 5.64. The predicted octanol–water partition coefficient (Wildman–Crippen LogP) is 4.02. The molecule has 1 saturated carbocycles. The van der Waals surface area contributed by atoms with Crippen LogP contribution in [-0.2, 0) is 29.4 Å². The standard InChI is InChI=1S/C25H26N2O7S/c1-17-6-8-20(9-7-17)35(29,30)33-16-24-10-12-25(13-11-24,32-15-24)23-26-21(27-34-23)18-4-3-5-19(14-18)22(28)31-2/h3-9,14H,10-13,15-16H2,1-2H3. The van der Waals surface area contributed by atoms with Crippen LogP contribution in [0.4, 0.5) is 0 Å². The molecule has 3 aliphatic rings. The fourth-order valence-electron chi connectivity index (χ4n) is 4.63. The first-order valence-electron chi connectivity index (χ1n) is 11.4. The number of aromatic nitrogens is 2. The molecule has 0 amide bonds. The summed E-state index contributed by atoms with van der Waals surface area (Å²) in [4.78, 5) is 16.6. The van der Waals surface area contributed by atoms with Crippen molar-refractivity contribution < 1.29 is 31.4 Å². The zero-order chi connectivity index (χ0) is 24.7. The van der Waals surface area contributed by atoms with Gasteiger partial charge in [-0.3, -0.25) is 4.18 Å². The second-order valence-corrected chi connectivity index (χ2v) is 10.9. The van der Waals surface area contributed by atoms with E-state index in [9.17, 15) is 13.2 Å². The van der Waals surface area contributed by atoms with Crippen molar-refractivity contribution in [2.75, 3.05) is 20.3 Å². The third-order valence-corrected chi connectivity index (χ3v) is 8.24. The minimum Gasteiger partial charge on any atom is -0.465 e. The topological polar surface area (TPSA) is 118 Å². The first kappa shape index (κ1) is 23.7. The Hall–Kier alpha value is -3.08. The van der Waals surface area contributed by atoms with Gasteiger partial charge in [-0.15, -0.1) is 0 Å². The van der Waals surface area contributed by atoms with Crippen LogP contribution in [0.2, 0.25) is 0 Å². The highest BCUT2D eigenvalue weighted by Crippen LogP contribution is 2.53. The molecule has 35 heavy (non-hydrogen) atoms. The Morgan fingerprint density at radius 3 is 2.49 bits per heavy atom. The molecule has 1 aromatic heterocycles. The number of fused-ring (bicyclic) bond motifs is 3. The number of methoxy groups -OCH3 is 1. The van der Waals surface area contributed by atoms with E-state index < -0.39 is 21.7 Å². The number of rotatable bonds is 7. The third-order valence-electron chi connectivity index (χ3n) is 6.96. The highest BCUT2D eigenvalue weighted by Gasteiger charge is 2.54. The smallest absolute Gasteiger partial charge is 0.337 e. The van der Waals surface area contributed by atoms with Crippen LogP contribution < -0.4 is 0 Å². The van der Waals surface area contributed by atoms with E-state index in [4.69, 9.17) is 18.2 Å². The van der Waals surface area contributed by atoms with Crippen molar-refractivity contribution in [2.45, 2.75) is 43.1 Å². The molecule has 6 rings (SSSR count). The number of carbonyl (C=O) groups excluding carboxylic acids is 1. The number of hydrogen-bond donors (Lipinski definition) is 0. The molecule has 0 atom stereocenters. The van der Waals surface area contributed by atoms with Crippen LogP contribution >= 0.6 is 0 Å². The van der Waals surface area contributed by atoms with Crippen molar-refractivity contribution in [2.24, 2.45) is 5.41 Å². The van der Waals surface area contributed by atoms with Gasteiger partial charge in [0, 0.05) is 11.0 Å². The number of hydrogen-bond acceptors (Lipinski definition) is 9. The summed E-state index contributed by atoms with van der Waals surface area (Å²) in [6.07, 6.45) is 2.66. The summed E-state index contributed by atoms with van der Waals surface area (Å²) < 4.78 is 47.3. The molecule has 0 spiro atoms. The molecule has 10 heteroatoms. The molecule has 0 N–H and O–H groups in total. The maximum atomic E-state index is 12.6. The molecule has 2 saturated heterocycles. The molecule has 3 fully saturated rings. The van der Waals surface area contributed by atoms with E-state index in [1.54, 1.807) is 48.5 Å². The fraction of sp³-hybridized carbons (Fsp3) is 0.400. The summed E-state index contributed by atoms with van der Waals surface area (Å²) in [6.45, 7) is 2.30. The van der Waals surface area contributed by atoms with Crippen LogP contribution in [0.3, 0.4) is 0 Å². The number of carbonyl (C=O) groups is 1. The maximum absolute atomic E-state index is 12.6. The van der Waals surface area contributed by atoms with Gasteiger partial charge in [0.2, 0.25) is 5.82 Å². The minimum absolute atomic E-state index is 0.0642. The molecule has 0 radical (unpaired) electrons. The predicted molar refractivity (Wildman–Crippen MR) is 124 cm³/mol. The normalized spacial score (nSPS) is 23.8. The maximum Gasteiger partial charge on any atom is 0.337 e. The van der Waals surface area contributed by atoms with Gasteiger partial charge in [0.25, 0.3) is 16.0 Å². The summed E-state index contributed by atoms with van der Waals surface area (Å²) >= 11 is 0. The van der Waals surface area contributed by atoms with Crippen molar-refractivity contribution in [3.05, 3.63) is 65.5 Å². The van der Waals surface area contributed by atoms with Crippen LogP contribution in [0.25, 0.3) is 11.4 Å². The number of ether oxygens (including phenoxy) is 2. The largest absolute Gasteiger partial charge is 0.465 e. The van der Waals surface area contributed by atoms with E-state index >= 15 is 0 Å². The lowest BCUT2D eigenvalue weighted by molar-refractivity contribution is -0.207. The highest BCUT2D eigenvalue weighted by molar-refractivity contribution is 7.86. The van der Waals surface area contributed by atoms with Crippen molar-refractivity contribution in [1.82, 2.24) is 10.1 Å². The monoisotopic (exact) mass is 498 g/mol. The lowest BCUT2D eigenvalue weighted by Gasteiger charge is -2.50. The van der Waals surface area contributed by atoms with Gasteiger partial charge in [-0.25, -0.2) is 4.79 Å². The Morgan fingerprint density at radius 1 is 1.09 bits per heavy atom. The number of nitrogens with zero attached hydrogens (tertiary/aromatic N) is 2. The van der Waals surface area contributed by atoms with E-state index in [1.807, 2.05) is 6.92 Å². The summed E-state index contributed by atoms with van der Waals surface area (Å²) in [6, 6.07) is 13.4. The Morgan fingerprint density at radius 2 is 1.83 bits per heavy atom. The van der Waals surface area contributed by atoms with Gasteiger partial charge in [0.1, 0.15) is 5.60 Å². The molecule has 9 nitrogen and oxygen atoms in total. The van der Waals surface area contributed by atoms with Crippen LogP contribution in [0, 0.1) is 12.3 Å². The van der Waals surface area contributed by atoms with Gasteiger partial charge in [0.15, 0.2) is 0 Å². The Kier molecular flexibility index (Phi) is 5.98. The van der Waals surface area contributed by atoms with Crippen molar-refractivity contribution in [1.29, 1.82) is 0 Å². The van der Waals surface area contributed by atoms with Gasteiger partial charge in [-0.05, 0) is 56.9 Å². The van der Waals surface area contributed by atoms with Gasteiger partial charge in [-0.2, -0.15) is 13.4 Å². The molecular weight excluding hydrogens is 472 g/mol. The van der Waals surface area contributed by atoms with E-state index in [2.05, 4.69) is 10.1 Å². The SMILES string of the molecule is COC(=O)c1cccc(-c2noc(C34CCC(COS(=O)(=O)c5ccc(C)cc5)(CC3)CO4)n2)c1. The summed E-state index contributed by atoms with van der Waals surface area (Å²) in [5.74, 6) is 0.302. The van der Waals surface area contributed by atoms with Gasteiger partial charge in [-0.1, -0.05) is 35.0 Å². The second-order valence-electron chi connectivity index (χ2n) is 9.31. The summed E-state index contributed by atoms with van der Waals surface area (Å²) in [7, 11) is -2.52. The minimum atomic E-state index is -3.84. The molecule has 2 aromatic carbocycles. The highest BCUT2D eigenvalue weighted by atomic mass is 32.2. The lowest BCUT2D eigenvalue weighted by atomic mass is 9.66. The number of esters is 1. The molecular formula is C25H26N2O7S. The van der Waals surface area contributed by atoms with Crippen molar-refractivity contribution in [3.8, 4) is 11.4 Å². The molecule has 2 bridgehead atoms. The Bertz CT molecular complexity index is 1320. The first-order chi connectivity index (χ1) is 16.7. The lowest BCUT2D eigenvalue weighted by Crippen LogP contribution is -2.51. The molecule has 2 aliphatic heterocycles. The average molecular weight is 499 g/mol. The summed E-state index contributed by atoms with van der Waals surface area (Å²) in [5, 5.41) is 4.10. The third kappa shape index (κ3) is 4.49. The number of benzene rings is 2. The van der Waals surface area contributed by atoms with Crippen LogP contribution in [0.1, 0.15) is 47.5 Å². The van der Waals surface area contributed by atoms with Crippen molar-refractivity contribution >= 4 is 16.1 Å². The Labute approximate surface area is 203 Å². The van der Waals surface area contributed by atoms with E-state index in [0.29, 0.717) is 55.1 Å². The molecule has 1 aliphatic carbocycles. The van der Waals surface area contributed by atoms with E-state index in [1.165, 1.54) is 7.11 Å². The first-order valence-corrected chi connectivity index (χ1v) is 12.8. The van der Waals surface area contributed by atoms with Crippen LogP contribution in [0.15, 0.2) is 57.9 Å². The van der Waals surface area contributed by atoms with Crippen LogP contribution in [-0.4, -0.2) is 44.9 Å². The number of aryl methyl sites for hydroxylation is 1. The zero-order valence-electron chi connectivity index (χ0n) is 19.5. The average Bonchev–Trinajstić information content (AvgIpc) is 3.40. The molecule has 0 unspecified atom stereocenters. The van der Waals surface area contributed by atoms with Crippen LogP contribution in [0.5, 0.6) is 0 Å². The van der Waals surface area contributed by atoms with E-state index in [-0.39, 0.29) is 16.9 Å². The van der Waals surface area contributed by atoms with Gasteiger partial charge >= 0.3 is 5.97 Å². The van der Waals surface area contributed by atoms with E-state index in [0.717, 1.165) is 5.56 Å².